The summed E-state index contributed by atoms with van der Waals surface area (Å²) in [5.41, 5.74) is 6.10. The SMILES string of the molecule is C=C/C=C(/C)N=CCN. The van der Waals surface area contributed by atoms with Crippen molar-refractivity contribution in [3.8, 4) is 0 Å². The maximum Gasteiger partial charge on any atom is 0.0369 e. The molecule has 0 aliphatic carbocycles. The Bertz CT molecular complexity index is 134. The van der Waals surface area contributed by atoms with Gasteiger partial charge in [0.2, 0.25) is 0 Å². The lowest BCUT2D eigenvalue weighted by molar-refractivity contribution is 1.27. The molecule has 0 bridgehead atoms. The molecule has 9 heavy (non-hydrogen) atoms. The van der Waals surface area contributed by atoms with Gasteiger partial charge in [-0.3, -0.25) is 4.99 Å². The summed E-state index contributed by atoms with van der Waals surface area (Å²) in [5.74, 6) is 0. The van der Waals surface area contributed by atoms with Gasteiger partial charge in [-0.15, -0.1) is 0 Å². The van der Waals surface area contributed by atoms with E-state index < -0.39 is 0 Å². The Hall–Kier alpha value is -0.890. The Morgan fingerprint density at radius 3 is 2.89 bits per heavy atom. The fourth-order valence-corrected chi connectivity index (χ4v) is 0.410. The Labute approximate surface area is 55.8 Å². The molecular weight excluding hydrogens is 112 g/mol. The van der Waals surface area contributed by atoms with Crippen molar-refractivity contribution in [2.75, 3.05) is 6.54 Å². The van der Waals surface area contributed by atoms with Crippen LogP contribution in [0.2, 0.25) is 0 Å². The van der Waals surface area contributed by atoms with Crippen molar-refractivity contribution in [2.45, 2.75) is 6.92 Å². The smallest absolute Gasteiger partial charge is 0.0369 e. The molecule has 0 fully saturated rings. The Kier molecular flexibility index (Phi) is 4.73. The largest absolute Gasteiger partial charge is 0.326 e. The molecule has 0 rings (SSSR count). The maximum absolute atomic E-state index is 5.17. The first-order valence-corrected chi connectivity index (χ1v) is 2.83. The molecule has 0 aliphatic heterocycles. The first-order chi connectivity index (χ1) is 4.31. The van der Waals surface area contributed by atoms with Crippen molar-refractivity contribution in [1.29, 1.82) is 0 Å². The van der Waals surface area contributed by atoms with Crippen molar-refractivity contribution in [1.82, 2.24) is 0 Å². The monoisotopic (exact) mass is 124 g/mol. The molecule has 0 heterocycles. The molecular formula is C7H12N2. The van der Waals surface area contributed by atoms with Gasteiger partial charge in [-0.05, 0) is 13.0 Å². The van der Waals surface area contributed by atoms with Crippen LogP contribution >= 0.6 is 0 Å². The van der Waals surface area contributed by atoms with Gasteiger partial charge < -0.3 is 5.73 Å². The Morgan fingerprint density at radius 1 is 1.78 bits per heavy atom. The van der Waals surface area contributed by atoms with E-state index in [0.717, 1.165) is 5.70 Å². The van der Waals surface area contributed by atoms with E-state index in [4.69, 9.17) is 5.73 Å². The van der Waals surface area contributed by atoms with Crippen molar-refractivity contribution in [3.63, 3.8) is 0 Å². The van der Waals surface area contributed by atoms with Crippen molar-refractivity contribution >= 4 is 6.21 Å². The van der Waals surface area contributed by atoms with Crippen molar-refractivity contribution in [3.05, 3.63) is 24.4 Å². The second-order valence-electron chi connectivity index (χ2n) is 1.59. The lowest BCUT2D eigenvalue weighted by atomic mass is 10.4. The minimum Gasteiger partial charge on any atom is -0.326 e. The van der Waals surface area contributed by atoms with E-state index in [1.54, 1.807) is 12.3 Å². The first kappa shape index (κ1) is 8.11. The average molecular weight is 124 g/mol. The summed E-state index contributed by atoms with van der Waals surface area (Å²) in [5, 5.41) is 0. The molecule has 0 aromatic carbocycles. The van der Waals surface area contributed by atoms with E-state index in [2.05, 4.69) is 11.6 Å². The quantitative estimate of drug-likeness (QED) is 0.444. The van der Waals surface area contributed by atoms with Crippen LogP contribution in [-0.4, -0.2) is 12.8 Å². The van der Waals surface area contributed by atoms with Crippen molar-refractivity contribution < 1.29 is 0 Å². The number of allylic oxidation sites excluding steroid dienone is 3. The highest BCUT2D eigenvalue weighted by Gasteiger charge is 1.74. The maximum atomic E-state index is 5.17. The minimum atomic E-state index is 0.488. The summed E-state index contributed by atoms with van der Waals surface area (Å²) >= 11 is 0. The lowest BCUT2D eigenvalue weighted by Crippen LogP contribution is -1.98. The first-order valence-electron chi connectivity index (χ1n) is 2.83. The predicted octanol–water partition coefficient (Wildman–Crippen LogP) is 1.11. The number of nitrogens with two attached hydrogens (primary N) is 1. The molecule has 50 valence electrons. The lowest BCUT2D eigenvalue weighted by Gasteiger charge is -1.85. The number of hydrogen-bond donors (Lipinski definition) is 1. The van der Waals surface area contributed by atoms with Gasteiger partial charge in [-0.25, -0.2) is 0 Å². The highest BCUT2D eigenvalue weighted by Crippen LogP contribution is 1.91. The average Bonchev–Trinajstić information content (AvgIpc) is 1.85. The summed E-state index contributed by atoms with van der Waals surface area (Å²) in [4.78, 5) is 3.97. The zero-order valence-corrected chi connectivity index (χ0v) is 5.67. The Balaban J connectivity index is 3.74. The summed E-state index contributed by atoms with van der Waals surface area (Å²) in [6.45, 7) is 5.91. The van der Waals surface area contributed by atoms with Crippen LogP contribution in [0.5, 0.6) is 0 Å². The molecule has 0 atom stereocenters. The normalized spacial score (nSPS) is 12.4. The molecule has 2 N–H and O–H groups in total. The van der Waals surface area contributed by atoms with Gasteiger partial charge in [0.1, 0.15) is 0 Å². The molecule has 0 saturated carbocycles. The summed E-state index contributed by atoms with van der Waals surface area (Å²) in [6, 6.07) is 0. The minimum absolute atomic E-state index is 0.488. The summed E-state index contributed by atoms with van der Waals surface area (Å²) in [7, 11) is 0. The molecule has 0 spiro atoms. The number of aliphatic imine (C=N–C) groups is 1. The molecule has 0 amide bonds. The molecule has 0 unspecified atom stereocenters. The third-order valence-corrected chi connectivity index (χ3v) is 0.759. The fourth-order valence-electron chi connectivity index (χ4n) is 0.410. The van der Waals surface area contributed by atoms with Gasteiger partial charge in [0.05, 0.1) is 0 Å². The zero-order chi connectivity index (χ0) is 7.11. The second kappa shape index (κ2) is 5.25. The topological polar surface area (TPSA) is 38.4 Å². The number of nitrogens with zero attached hydrogens (tertiary/aromatic N) is 1. The van der Waals surface area contributed by atoms with Gasteiger partial charge in [0.25, 0.3) is 0 Å². The van der Waals surface area contributed by atoms with Crippen LogP contribution in [0, 0.1) is 0 Å². The highest BCUT2D eigenvalue weighted by molar-refractivity contribution is 5.60. The van der Waals surface area contributed by atoms with E-state index in [1.807, 2.05) is 13.0 Å². The second-order valence-corrected chi connectivity index (χ2v) is 1.59. The molecule has 0 aromatic heterocycles. The van der Waals surface area contributed by atoms with Crippen LogP contribution in [0.3, 0.4) is 0 Å². The summed E-state index contributed by atoms with van der Waals surface area (Å²) in [6.07, 6.45) is 5.19. The third-order valence-electron chi connectivity index (χ3n) is 0.759. The van der Waals surface area contributed by atoms with Gasteiger partial charge in [0.15, 0.2) is 0 Å². The zero-order valence-electron chi connectivity index (χ0n) is 5.67. The van der Waals surface area contributed by atoms with Crippen LogP contribution in [0.15, 0.2) is 29.4 Å². The molecule has 0 aromatic rings. The van der Waals surface area contributed by atoms with Crippen molar-refractivity contribution in [2.24, 2.45) is 10.7 Å². The van der Waals surface area contributed by atoms with Crippen LogP contribution < -0.4 is 5.73 Å². The number of hydrogen-bond acceptors (Lipinski definition) is 2. The third kappa shape index (κ3) is 4.97. The molecule has 0 radical (unpaired) electrons. The molecule has 0 aliphatic rings. The fraction of sp³-hybridized carbons (Fsp3) is 0.286. The predicted molar refractivity (Wildman–Crippen MR) is 41.5 cm³/mol. The van der Waals surface area contributed by atoms with Crippen LogP contribution in [0.1, 0.15) is 6.92 Å². The van der Waals surface area contributed by atoms with Crippen LogP contribution in [0.4, 0.5) is 0 Å². The van der Waals surface area contributed by atoms with Gasteiger partial charge in [-0.2, -0.15) is 0 Å². The molecule has 0 saturated heterocycles. The molecule has 2 heteroatoms. The van der Waals surface area contributed by atoms with E-state index in [1.165, 1.54) is 0 Å². The highest BCUT2D eigenvalue weighted by atomic mass is 14.7. The van der Waals surface area contributed by atoms with E-state index in [-0.39, 0.29) is 0 Å². The van der Waals surface area contributed by atoms with E-state index in [9.17, 15) is 0 Å². The van der Waals surface area contributed by atoms with Crippen LogP contribution in [0.25, 0.3) is 0 Å². The number of rotatable bonds is 3. The molecule has 2 nitrogen and oxygen atoms in total. The van der Waals surface area contributed by atoms with E-state index >= 15 is 0 Å². The van der Waals surface area contributed by atoms with E-state index in [0.29, 0.717) is 6.54 Å². The van der Waals surface area contributed by atoms with Crippen LogP contribution in [-0.2, 0) is 0 Å². The summed E-state index contributed by atoms with van der Waals surface area (Å²) < 4.78 is 0. The van der Waals surface area contributed by atoms with Gasteiger partial charge >= 0.3 is 0 Å². The van der Waals surface area contributed by atoms with Gasteiger partial charge in [0, 0.05) is 18.5 Å². The standard InChI is InChI=1S/C7H12N2/c1-3-4-7(2)9-6-5-8/h3-4,6H,1,5,8H2,2H3/b7-4-,9-6?. The Morgan fingerprint density at radius 2 is 2.44 bits per heavy atom. The van der Waals surface area contributed by atoms with Gasteiger partial charge in [-0.1, -0.05) is 12.7 Å².